The maximum Gasteiger partial charge on any atom is 0.357 e. The van der Waals surface area contributed by atoms with E-state index in [0.717, 1.165) is 4.88 Å². The van der Waals surface area contributed by atoms with Gasteiger partial charge >= 0.3 is 11.8 Å². The van der Waals surface area contributed by atoms with Gasteiger partial charge in [-0.3, -0.25) is 4.79 Å². The van der Waals surface area contributed by atoms with Crippen LogP contribution in [0, 0.1) is 24.0 Å². The fraction of sp³-hybridized carbons (Fsp3) is 0.308. The van der Waals surface area contributed by atoms with Crippen molar-refractivity contribution in [2.45, 2.75) is 20.8 Å². The van der Waals surface area contributed by atoms with Gasteiger partial charge in [0.05, 0.1) is 12.2 Å². The Morgan fingerprint density at radius 3 is 2.67 bits per heavy atom. The van der Waals surface area contributed by atoms with Crippen LogP contribution in [-0.2, 0) is 4.74 Å². The molecule has 2 N–H and O–H groups in total. The number of nitro groups is 1. The lowest BCUT2D eigenvalue weighted by molar-refractivity contribution is -0.390. The highest BCUT2D eigenvalue weighted by Gasteiger charge is 2.27. The summed E-state index contributed by atoms with van der Waals surface area (Å²) in [7, 11) is 0. The first kappa shape index (κ1) is 18.1. The van der Waals surface area contributed by atoms with Gasteiger partial charge in [0.25, 0.3) is 5.91 Å². The minimum Gasteiger partial charge on any atom is -0.462 e. The van der Waals surface area contributed by atoms with Crippen LogP contribution in [0.1, 0.15) is 38.2 Å². The van der Waals surface area contributed by atoms with Crippen molar-refractivity contribution in [3.8, 4) is 0 Å². The molecule has 0 spiro atoms. The van der Waals surface area contributed by atoms with Gasteiger partial charge in [-0.1, -0.05) is 5.10 Å². The number of esters is 1. The van der Waals surface area contributed by atoms with E-state index in [1.54, 1.807) is 13.8 Å². The van der Waals surface area contributed by atoms with Crippen LogP contribution >= 0.6 is 27.3 Å². The summed E-state index contributed by atoms with van der Waals surface area (Å²) in [5, 5.41) is 19.5. The number of anilines is 1. The van der Waals surface area contributed by atoms with Crippen molar-refractivity contribution >= 4 is 50.0 Å². The van der Waals surface area contributed by atoms with Crippen LogP contribution in [0.15, 0.2) is 4.47 Å². The number of ether oxygens (including phenoxy) is 1. The highest BCUT2D eigenvalue weighted by Crippen LogP contribution is 2.34. The number of aromatic amines is 1. The van der Waals surface area contributed by atoms with Crippen LogP contribution in [0.5, 0.6) is 0 Å². The average Bonchev–Trinajstić information content (AvgIpc) is 3.00. The van der Waals surface area contributed by atoms with E-state index >= 15 is 0 Å². The number of carbonyl (C=O) groups excluding carboxylic acids is 2. The summed E-state index contributed by atoms with van der Waals surface area (Å²) >= 11 is 4.19. The van der Waals surface area contributed by atoms with Crippen LogP contribution < -0.4 is 5.32 Å². The number of hydrogen-bond donors (Lipinski definition) is 2. The number of nitrogens with zero attached hydrogens (tertiary/aromatic N) is 2. The molecule has 0 fully saturated rings. The second-order valence-electron chi connectivity index (χ2n) is 4.65. The summed E-state index contributed by atoms with van der Waals surface area (Å²) in [6.07, 6.45) is 0. The molecule has 0 aliphatic heterocycles. The average molecular weight is 417 g/mol. The standard InChI is InChI=1S/C13H13BrN4O5S/c1-4-23-13(20)7-5(2)6(3)24-12(7)15-11(19)9-8(14)10(17-16-9)18(21)22/h4H2,1-3H3,(H,15,19)(H,16,17). The molecule has 0 saturated carbocycles. The molecule has 0 unspecified atom stereocenters. The minimum atomic E-state index is -0.697. The Balaban J connectivity index is 2.35. The maximum atomic E-state index is 12.3. The molecule has 2 heterocycles. The van der Waals surface area contributed by atoms with Gasteiger partial charge in [-0.25, -0.2) is 4.79 Å². The van der Waals surface area contributed by atoms with Crippen molar-refractivity contribution in [2.24, 2.45) is 0 Å². The van der Waals surface area contributed by atoms with Crippen LogP contribution in [0.4, 0.5) is 10.8 Å². The maximum absolute atomic E-state index is 12.3. The Labute approximate surface area is 148 Å². The van der Waals surface area contributed by atoms with E-state index in [2.05, 4.69) is 31.4 Å². The van der Waals surface area contributed by atoms with Crippen molar-refractivity contribution in [1.29, 1.82) is 0 Å². The zero-order chi connectivity index (χ0) is 18.0. The molecule has 2 aromatic rings. The normalized spacial score (nSPS) is 10.5. The van der Waals surface area contributed by atoms with Crippen molar-refractivity contribution in [3.05, 3.63) is 36.3 Å². The first-order chi connectivity index (χ1) is 11.3. The zero-order valence-corrected chi connectivity index (χ0v) is 15.3. The summed E-state index contributed by atoms with van der Waals surface area (Å²) in [6, 6.07) is 0. The van der Waals surface area contributed by atoms with E-state index in [9.17, 15) is 19.7 Å². The number of H-pyrrole nitrogens is 1. The minimum absolute atomic E-state index is 0.0623. The Morgan fingerprint density at radius 1 is 1.46 bits per heavy atom. The summed E-state index contributed by atoms with van der Waals surface area (Å²) in [5.41, 5.74) is 0.801. The fourth-order valence-electron chi connectivity index (χ4n) is 1.92. The third-order valence-corrected chi connectivity index (χ3v) is 5.05. The SMILES string of the molecule is CCOC(=O)c1c(NC(=O)c2n[nH]c([N+](=O)[O-])c2Br)sc(C)c1C. The van der Waals surface area contributed by atoms with Gasteiger partial charge < -0.3 is 20.2 Å². The quantitative estimate of drug-likeness (QED) is 0.437. The summed E-state index contributed by atoms with van der Waals surface area (Å²) < 4.78 is 4.94. The number of thiophene rings is 1. The molecule has 24 heavy (non-hydrogen) atoms. The van der Waals surface area contributed by atoms with E-state index < -0.39 is 22.6 Å². The van der Waals surface area contributed by atoms with Gasteiger partial charge in [-0.05, 0) is 47.2 Å². The number of halogens is 1. The molecule has 0 aliphatic rings. The topological polar surface area (TPSA) is 127 Å². The third kappa shape index (κ3) is 3.31. The van der Waals surface area contributed by atoms with Gasteiger partial charge in [-0.2, -0.15) is 0 Å². The van der Waals surface area contributed by atoms with Gasteiger partial charge in [-0.15, -0.1) is 16.4 Å². The van der Waals surface area contributed by atoms with Crippen LogP contribution in [0.25, 0.3) is 0 Å². The van der Waals surface area contributed by atoms with Crippen LogP contribution in [0.2, 0.25) is 0 Å². The van der Waals surface area contributed by atoms with E-state index in [0.29, 0.717) is 10.6 Å². The Kier molecular flexibility index (Phi) is 5.34. The molecule has 1 amide bonds. The molecule has 0 aliphatic carbocycles. The van der Waals surface area contributed by atoms with Crippen molar-refractivity contribution in [3.63, 3.8) is 0 Å². The monoisotopic (exact) mass is 416 g/mol. The zero-order valence-electron chi connectivity index (χ0n) is 12.9. The lowest BCUT2D eigenvalue weighted by Gasteiger charge is -2.06. The molecule has 0 aromatic carbocycles. The Hall–Kier alpha value is -2.27. The van der Waals surface area contributed by atoms with Crippen LogP contribution in [0.3, 0.4) is 0 Å². The van der Waals surface area contributed by atoms with E-state index in [1.165, 1.54) is 11.3 Å². The number of carbonyl (C=O) groups is 2. The molecule has 2 rings (SSSR count). The number of rotatable bonds is 5. The second-order valence-corrected chi connectivity index (χ2v) is 6.67. The predicted molar refractivity (Wildman–Crippen MR) is 90.6 cm³/mol. The lowest BCUT2D eigenvalue weighted by atomic mass is 10.1. The molecular weight excluding hydrogens is 404 g/mol. The van der Waals surface area contributed by atoms with Crippen molar-refractivity contribution in [1.82, 2.24) is 10.2 Å². The highest BCUT2D eigenvalue weighted by molar-refractivity contribution is 9.10. The Morgan fingerprint density at radius 2 is 2.12 bits per heavy atom. The largest absolute Gasteiger partial charge is 0.462 e. The molecule has 0 saturated heterocycles. The van der Waals surface area contributed by atoms with Gasteiger partial charge in [0, 0.05) is 4.88 Å². The van der Waals surface area contributed by atoms with Crippen molar-refractivity contribution in [2.75, 3.05) is 11.9 Å². The Bertz CT molecular complexity index is 829. The molecule has 0 radical (unpaired) electrons. The summed E-state index contributed by atoms with van der Waals surface area (Å²) in [5.74, 6) is -1.65. The third-order valence-electron chi connectivity index (χ3n) is 3.18. The summed E-state index contributed by atoms with van der Waals surface area (Å²) in [6.45, 7) is 5.46. The van der Waals surface area contributed by atoms with E-state index in [-0.39, 0.29) is 22.3 Å². The first-order valence-corrected chi connectivity index (χ1v) is 8.35. The molecule has 0 atom stereocenters. The second kappa shape index (κ2) is 7.09. The van der Waals surface area contributed by atoms with Crippen LogP contribution in [-0.4, -0.2) is 33.6 Å². The summed E-state index contributed by atoms with van der Waals surface area (Å²) in [4.78, 5) is 35.4. The van der Waals surface area contributed by atoms with Gasteiger partial charge in [0.15, 0.2) is 5.69 Å². The van der Waals surface area contributed by atoms with E-state index in [1.807, 2.05) is 6.92 Å². The fourth-order valence-corrected chi connectivity index (χ4v) is 3.46. The molecule has 0 bridgehead atoms. The number of aromatic nitrogens is 2. The molecule has 9 nitrogen and oxygen atoms in total. The first-order valence-electron chi connectivity index (χ1n) is 6.74. The number of aryl methyl sites for hydroxylation is 1. The van der Waals surface area contributed by atoms with E-state index in [4.69, 9.17) is 4.74 Å². The smallest absolute Gasteiger partial charge is 0.357 e. The highest BCUT2D eigenvalue weighted by atomic mass is 79.9. The molecule has 128 valence electrons. The van der Waals surface area contributed by atoms with Gasteiger partial charge in [0.1, 0.15) is 9.47 Å². The predicted octanol–water partition coefficient (Wildman–Crippen LogP) is 3.19. The number of nitrogens with one attached hydrogen (secondary N) is 2. The van der Waals surface area contributed by atoms with Gasteiger partial charge in [0.2, 0.25) is 0 Å². The number of amides is 1. The molecule has 11 heteroatoms. The molecule has 2 aromatic heterocycles. The number of hydrogen-bond acceptors (Lipinski definition) is 7. The lowest BCUT2D eigenvalue weighted by Crippen LogP contribution is -2.15. The molecular formula is C13H13BrN4O5S. The van der Waals surface area contributed by atoms with Crippen molar-refractivity contribution < 1.29 is 19.2 Å².